The van der Waals surface area contributed by atoms with Gasteiger partial charge < -0.3 is 5.11 Å². The van der Waals surface area contributed by atoms with E-state index < -0.39 is 0 Å². The van der Waals surface area contributed by atoms with Gasteiger partial charge in [-0.1, -0.05) is 44.9 Å². The van der Waals surface area contributed by atoms with Gasteiger partial charge in [0, 0.05) is 11.6 Å². The van der Waals surface area contributed by atoms with E-state index in [2.05, 4.69) is 18.8 Å². The van der Waals surface area contributed by atoms with Crippen molar-refractivity contribution in [2.45, 2.75) is 39.2 Å². The van der Waals surface area contributed by atoms with Crippen LogP contribution in [0.25, 0.3) is 10.9 Å². The van der Waals surface area contributed by atoms with Crippen molar-refractivity contribution in [3.05, 3.63) is 42.1 Å². The summed E-state index contributed by atoms with van der Waals surface area (Å²) in [5, 5.41) is 11.5. The van der Waals surface area contributed by atoms with Crippen LogP contribution in [0.5, 0.6) is 0 Å². The van der Waals surface area contributed by atoms with Crippen LogP contribution in [-0.2, 0) is 0 Å². The van der Waals surface area contributed by atoms with Gasteiger partial charge in [0.1, 0.15) is 0 Å². The summed E-state index contributed by atoms with van der Waals surface area (Å²) in [5.74, 6) is 0.553. The van der Waals surface area contributed by atoms with Crippen LogP contribution in [0.4, 0.5) is 0 Å². The highest BCUT2D eigenvalue weighted by Gasteiger charge is 2.14. The third kappa shape index (κ3) is 2.88. The molecule has 96 valence electrons. The van der Waals surface area contributed by atoms with Crippen molar-refractivity contribution in [1.29, 1.82) is 0 Å². The van der Waals surface area contributed by atoms with E-state index in [-0.39, 0.29) is 6.10 Å². The molecule has 0 saturated heterocycles. The summed E-state index contributed by atoms with van der Waals surface area (Å²) in [6, 6.07) is 9.92. The molecule has 0 aliphatic carbocycles. The first-order valence-corrected chi connectivity index (χ1v) is 6.74. The minimum atomic E-state index is -0.389. The SMILES string of the molecule is CCCC(C)CC(O)c1cccc2ncccc12. The molecule has 0 aliphatic rings. The van der Waals surface area contributed by atoms with E-state index in [9.17, 15) is 5.11 Å². The fourth-order valence-corrected chi connectivity index (χ4v) is 2.54. The highest BCUT2D eigenvalue weighted by atomic mass is 16.3. The molecular weight excluding hydrogens is 222 g/mol. The van der Waals surface area contributed by atoms with Gasteiger partial charge in [-0.25, -0.2) is 0 Å². The Labute approximate surface area is 109 Å². The highest BCUT2D eigenvalue weighted by molar-refractivity contribution is 5.82. The number of pyridine rings is 1. The van der Waals surface area contributed by atoms with Crippen molar-refractivity contribution in [3.63, 3.8) is 0 Å². The largest absolute Gasteiger partial charge is 0.388 e. The Hall–Kier alpha value is -1.41. The zero-order valence-electron chi connectivity index (χ0n) is 11.1. The summed E-state index contributed by atoms with van der Waals surface area (Å²) in [6.45, 7) is 4.39. The van der Waals surface area contributed by atoms with Gasteiger partial charge in [-0.3, -0.25) is 4.98 Å². The van der Waals surface area contributed by atoms with Gasteiger partial charge in [-0.15, -0.1) is 0 Å². The molecule has 2 atom stereocenters. The number of hydrogen-bond acceptors (Lipinski definition) is 2. The van der Waals surface area contributed by atoms with Crippen molar-refractivity contribution in [2.24, 2.45) is 5.92 Å². The van der Waals surface area contributed by atoms with Gasteiger partial charge in [0.25, 0.3) is 0 Å². The van der Waals surface area contributed by atoms with Crippen LogP contribution in [0.2, 0.25) is 0 Å². The molecule has 1 aromatic heterocycles. The van der Waals surface area contributed by atoms with Crippen LogP contribution < -0.4 is 0 Å². The second kappa shape index (κ2) is 5.96. The van der Waals surface area contributed by atoms with Crippen LogP contribution in [0.1, 0.15) is 44.8 Å². The number of rotatable bonds is 5. The van der Waals surface area contributed by atoms with Gasteiger partial charge in [0.2, 0.25) is 0 Å². The molecule has 0 radical (unpaired) electrons. The lowest BCUT2D eigenvalue weighted by Crippen LogP contribution is -2.05. The molecule has 0 aliphatic heterocycles. The minimum Gasteiger partial charge on any atom is -0.388 e. The third-order valence-corrected chi connectivity index (χ3v) is 3.45. The number of aliphatic hydroxyl groups is 1. The summed E-state index contributed by atoms with van der Waals surface area (Å²) in [6.07, 6.45) is 4.56. The van der Waals surface area contributed by atoms with Crippen molar-refractivity contribution < 1.29 is 5.11 Å². The quantitative estimate of drug-likeness (QED) is 0.857. The molecule has 0 saturated carbocycles. The van der Waals surface area contributed by atoms with Crippen molar-refractivity contribution in [3.8, 4) is 0 Å². The molecule has 2 aromatic rings. The average Bonchev–Trinajstić information content (AvgIpc) is 2.38. The maximum absolute atomic E-state index is 10.4. The predicted molar refractivity (Wildman–Crippen MR) is 75.4 cm³/mol. The summed E-state index contributed by atoms with van der Waals surface area (Å²) in [4.78, 5) is 4.33. The Morgan fingerprint density at radius 1 is 1.22 bits per heavy atom. The van der Waals surface area contributed by atoms with E-state index >= 15 is 0 Å². The lowest BCUT2D eigenvalue weighted by Gasteiger charge is -2.17. The first kappa shape index (κ1) is 13.0. The second-order valence-corrected chi connectivity index (χ2v) is 5.06. The Bertz CT molecular complexity index is 504. The Morgan fingerprint density at radius 3 is 2.83 bits per heavy atom. The normalized spacial score (nSPS) is 14.6. The molecule has 1 heterocycles. The van der Waals surface area contributed by atoms with Gasteiger partial charge >= 0.3 is 0 Å². The zero-order valence-corrected chi connectivity index (χ0v) is 11.1. The van der Waals surface area contributed by atoms with Gasteiger partial charge in [-0.05, 0) is 30.0 Å². The number of aliphatic hydroxyl groups excluding tert-OH is 1. The molecular formula is C16H21NO. The van der Waals surface area contributed by atoms with Gasteiger partial charge in [0.15, 0.2) is 0 Å². The van der Waals surface area contributed by atoms with E-state index in [1.54, 1.807) is 6.20 Å². The molecule has 2 unspecified atom stereocenters. The van der Waals surface area contributed by atoms with Gasteiger partial charge in [0.05, 0.1) is 11.6 Å². The maximum atomic E-state index is 10.4. The number of hydrogen-bond donors (Lipinski definition) is 1. The molecule has 1 aromatic carbocycles. The second-order valence-electron chi connectivity index (χ2n) is 5.06. The van der Waals surface area contributed by atoms with Crippen LogP contribution in [0.3, 0.4) is 0 Å². The van der Waals surface area contributed by atoms with E-state index in [1.165, 1.54) is 12.8 Å². The smallest absolute Gasteiger partial charge is 0.0799 e. The molecule has 2 rings (SSSR count). The standard InChI is InChI=1S/C16H21NO/c1-3-6-12(2)11-16(18)14-7-4-9-15-13(14)8-5-10-17-15/h4-5,7-10,12,16,18H,3,6,11H2,1-2H3. The molecule has 2 nitrogen and oxygen atoms in total. The molecule has 0 amide bonds. The summed E-state index contributed by atoms with van der Waals surface area (Å²) < 4.78 is 0. The lowest BCUT2D eigenvalue weighted by molar-refractivity contribution is 0.146. The Balaban J connectivity index is 2.24. The molecule has 0 fully saturated rings. The molecule has 18 heavy (non-hydrogen) atoms. The van der Waals surface area contributed by atoms with Crippen molar-refractivity contribution >= 4 is 10.9 Å². The Morgan fingerprint density at radius 2 is 2.06 bits per heavy atom. The topological polar surface area (TPSA) is 33.1 Å². The number of benzene rings is 1. The van der Waals surface area contributed by atoms with E-state index in [0.29, 0.717) is 5.92 Å². The molecule has 1 N–H and O–H groups in total. The van der Waals surface area contributed by atoms with Crippen molar-refractivity contribution in [2.75, 3.05) is 0 Å². The summed E-state index contributed by atoms with van der Waals surface area (Å²) in [5.41, 5.74) is 1.96. The lowest BCUT2D eigenvalue weighted by atomic mass is 9.93. The first-order valence-electron chi connectivity index (χ1n) is 6.74. The monoisotopic (exact) mass is 243 g/mol. The van der Waals surface area contributed by atoms with E-state index in [0.717, 1.165) is 22.9 Å². The van der Waals surface area contributed by atoms with Crippen LogP contribution >= 0.6 is 0 Å². The summed E-state index contributed by atoms with van der Waals surface area (Å²) >= 11 is 0. The van der Waals surface area contributed by atoms with Crippen LogP contribution in [0, 0.1) is 5.92 Å². The Kier molecular flexibility index (Phi) is 4.32. The highest BCUT2D eigenvalue weighted by Crippen LogP contribution is 2.28. The fourth-order valence-electron chi connectivity index (χ4n) is 2.54. The van der Waals surface area contributed by atoms with Crippen LogP contribution in [-0.4, -0.2) is 10.1 Å². The molecule has 0 bridgehead atoms. The fraction of sp³-hybridized carbons (Fsp3) is 0.438. The van der Waals surface area contributed by atoms with E-state index in [4.69, 9.17) is 0 Å². The maximum Gasteiger partial charge on any atom is 0.0799 e. The zero-order chi connectivity index (χ0) is 13.0. The number of nitrogens with zero attached hydrogens (tertiary/aromatic N) is 1. The van der Waals surface area contributed by atoms with Crippen molar-refractivity contribution in [1.82, 2.24) is 4.98 Å². The van der Waals surface area contributed by atoms with Crippen LogP contribution in [0.15, 0.2) is 36.5 Å². The first-order chi connectivity index (χ1) is 8.72. The number of fused-ring (bicyclic) bond motifs is 1. The van der Waals surface area contributed by atoms with Gasteiger partial charge in [-0.2, -0.15) is 0 Å². The summed E-state index contributed by atoms with van der Waals surface area (Å²) in [7, 11) is 0. The van der Waals surface area contributed by atoms with E-state index in [1.807, 2.05) is 30.3 Å². The number of aromatic nitrogens is 1. The third-order valence-electron chi connectivity index (χ3n) is 3.45. The predicted octanol–water partition coefficient (Wildman–Crippen LogP) is 4.09. The molecule has 0 spiro atoms. The molecule has 2 heteroatoms. The average molecular weight is 243 g/mol. The minimum absolute atomic E-state index is 0.389.